The van der Waals surface area contributed by atoms with Gasteiger partial charge in [0.15, 0.2) is 0 Å². The summed E-state index contributed by atoms with van der Waals surface area (Å²) in [6, 6.07) is 13.0. The largest absolute Gasteiger partial charge is 0.490 e. The monoisotopic (exact) mass is 691 g/mol. The number of halogens is 4. The van der Waals surface area contributed by atoms with Crippen molar-refractivity contribution in [1.29, 1.82) is 0 Å². The Bertz CT molecular complexity index is 2050. The highest BCUT2D eigenvalue weighted by Gasteiger charge is 2.43. The number of fused-ring (bicyclic) bond motifs is 2. The van der Waals surface area contributed by atoms with Crippen LogP contribution in [0.15, 0.2) is 66.6 Å². The van der Waals surface area contributed by atoms with E-state index >= 15 is 4.39 Å². The molecule has 0 spiro atoms. The van der Waals surface area contributed by atoms with Crippen molar-refractivity contribution in [1.82, 2.24) is 24.6 Å². The molecular formula is C36H33F4N5O3S. The fourth-order valence-electron chi connectivity index (χ4n) is 6.59. The van der Waals surface area contributed by atoms with Crippen LogP contribution in [0.2, 0.25) is 0 Å². The molecule has 2 aliphatic rings. The molecule has 1 unspecified atom stereocenters. The number of alkyl halides is 2. The number of carbonyl (C=O) groups excluding carboxylic acids is 1. The minimum absolute atomic E-state index is 0.000991. The van der Waals surface area contributed by atoms with E-state index in [0.717, 1.165) is 34.3 Å². The van der Waals surface area contributed by atoms with Gasteiger partial charge in [-0.15, -0.1) is 11.3 Å². The van der Waals surface area contributed by atoms with Crippen LogP contribution in [0.1, 0.15) is 24.2 Å². The highest BCUT2D eigenvalue weighted by atomic mass is 32.1. The summed E-state index contributed by atoms with van der Waals surface area (Å²) in [5.74, 6) is -4.45. The maximum Gasteiger partial charge on any atom is 0.272 e. The summed E-state index contributed by atoms with van der Waals surface area (Å²) in [5.41, 5.74) is 4.29. The first-order valence-corrected chi connectivity index (χ1v) is 16.7. The Kier molecular flexibility index (Phi) is 8.76. The van der Waals surface area contributed by atoms with Gasteiger partial charge in [0.25, 0.3) is 5.92 Å². The van der Waals surface area contributed by atoms with Crippen molar-refractivity contribution in [3.63, 3.8) is 0 Å². The number of thiophene rings is 1. The summed E-state index contributed by atoms with van der Waals surface area (Å²) >= 11 is 1.38. The second-order valence-electron chi connectivity index (χ2n) is 12.2. The van der Waals surface area contributed by atoms with E-state index < -0.39 is 17.6 Å². The van der Waals surface area contributed by atoms with Crippen LogP contribution in [0.4, 0.5) is 17.6 Å². The van der Waals surface area contributed by atoms with Crippen LogP contribution >= 0.6 is 11.3 Å². The normalized spacial score (nSPS) is 17.2. The van der Waals surface area contributed by atoms with Gasteiger partial charge in [-0.25, -0.2) is 22.5 Å². The third-order valence-electron chi connectivity index (χ3n) is 8.92. The first kappa shape index (κ1) is 32.9. The second kappa shape index (κ2) is 13.0. The van der Waals surface area contributed by atoms with Crippen LogP contribution in [-0.2, 0) is 22.6 Å². The fourth-order valence-corrected chi connectivity index (χ4v) is 7.53. The zero-order chi connectivity index (χ0) is 34.4. The number of carbonyl (C=O) groups is 1. The molecule has 1 atom stereocenters. The number of ether oxygens (including phenoxy) is 2. The first-order chi connectivity index (χ1) is 23.6. The molecule has 5 aromatic rings. The third-order valence-corrected chi connectivity index (χ3v) is 9.86. The first-order valence-electron chi connectivity index (χ1n) is 15.8. The van der Waals surface area contributed by atoms with Crippen molar-refractivity contribution in [3.8, 4) is 39.5 Å². The molecule has 0 saturated carbocycles. The van der Waals surface area contributed by atoms with E-state index in [0.29, 0.717) is 47.0 Å². The molecule has 2 aromatic carbocycles. The molecule has 254 valence electrons. The number of hydrogen-bond donors (Lipinski definition) is 0. The number of rotatable bonds is 10. The average Bonchev–Trinajstić information content (AvgIpc) is 3.72. The number of amides is 1. The molecule has 7 rings (SSSR count). The minimum Gasteiger partial charge on any atom is -0.490 e. The molecule has 1 amide bonds. The van der Waals surface area contributed by atoms with Crippen LogP contribution in [0.3, 0.4) is 0 Å². The average molecular weight is 692 g/mol. The van der Waals surface area contributed by atoms with Crippen LogP contribution in [0.25, 0.3) is 43.9 Å². The van der Waals surface area contributed by atoms with Crippen LogP contribution in [-0.4, -0.2) is 76.4 Å². The van der Waals surface area contributed by atoms with Crippen LogP contribution < -0.4 is 4.74 Å². The number of aromatic nitrogens is 3. The Balaban J connectivity index is 1.40. The Morgan fingerprint density at radius 1 is 1.06 bits per heavy atom. The van der Waals surface area contributed by atoms with E-state index in [1.807, 2.05) is 53.4 Å². The Morgan fingerprint density at radius 3 is 2.55 bits per heavy atom. The fraction of sp³-hybridized carbons (Fsp3) is 0.306. The van der Waals surface area contributed by atoms with Crippen LogP contribution in [0.5, 0.6) is 5.75 Å². The number of nitrogens with zero attached hydrogens (tertiary/aromatic N) is 5. The van der Waals surface area contributed by atoms with Crippen molar-refractivity contribution >= 4 is 27.3 Å². The number of likely N-dealkylation sites (tertiary alicyclic amines) is 1. The van der Waals surface area contributed by atoms with E-state index in [9.17, 15) is 18.0 Å². The molecule has 5 heterocycles. The topological polar surface area (TPSA) is 72.7 Å². The minimum atomic E-state index is -2.64. The summed E-state index contributed by atoms with van der Waals surface area (Å²) in [7, 11) is 1.51. The molecule has 3 aromatic heterocycles. The molecule has 13 heteroatoms. The summed E-state index contributed by atoms with van der Waals surface area (Å²) in [6.07, 6.45) is 1.28. The van der Waals surface area contributed by atoms with Crippen molar-refractivity contribution in [3.05, 3.63) is 89.5 Å². The van der Waals surface area contributed by atoms with E-state index in [-0.39, 0.29) is 49.6 Å². The summed E-state index contributed by atoms with van der Waals surface area (Å²) in [4.78, 5) is 21.1. The maximum absolute atomic E-state index is 16.1. The summed E-state index contributed by atoms with van der Waals surface area (Å²) in [6.45, 7) is 6.55. The quantitative estimate of drug-likeness (QED) is 0.0868. The van der Waals surface area contributed by atoms with Gasteiger partial charge in [0.05, 0.1) is 49.2 Å². The van der Waals surface area contributed by atoms with Gasteiger partial charge < -0.3 is 14.4 Å². The zero-order valence-electron chi connectivity index (χ0n) is 26.9. The molecule has 0 radical (unpaired) electrons. The van der Waals surface area contributed by atoms with E-state index in [2.05, 4.69) is 6.58 Å². The van der Waals surface area contributed by atoms with E-state index in [4.69, 9.17) is 19.6 Å². The van der Waals surface area contributed by atoms with E-state index in [1.165, 1.54) is 24.5 Å². The van der Waals surface area contributed by atoms with Gasteiger partial charge in [-0.05, 0) is 36.1 Å². The molecular weight excluding hydrogens is 658 g/mol. The van der Waals surface area contributed by atoms with Gasteiger partial charge >= 0.3 is 0 Å². The lowest BCUT2D eigenvalue weighted by Crippen LogP contribution is -2.55. The zero-order valence-corrected chi connectivity index (χ0v) is 27.7. The van der Waals surface area contributed by atoms with Gasteiger partial charge in [0.2, 0.25) is 5.91 Å². The predicted molar refractivity (Wildman–Crippen MR) is 180 cm³/mol. The smallest absolute Gasteiger partial charge is 0.272 e. The Hall–Kier alpha value is -4.59. The number of benzene rings is 2. The van der Waals surface area contributed by atoms with Crippen molar-refractivity contribution in [2.75, 3.05) is 40.0 Å². The van der Waals surface area contributed by atoms with Gasteiger partial charge in [-0.3, -0.25) is 14.4 Å². The van der Waals surface area contributed by atoms with Crippen molar-refractivity contribution in [2.45, 2.75) is 32.0 Å². The second-order valence-corrected chi connectivity index (χ2v) is 13.2. The lowest BCUT2D eigenvalue weighted by atomic mass is 9.96. The highest BCUT2D eigenvalue weighted by molar-refractivity contribution is 7.18. The van der Waals surface area contributed by atoms with Crippen molar-refractivity contribution < 1.29 is 31.8 Å². The number of methoxy groups -OCH3 is 1. The van der Waals surface area contributed by atoms with Gasteiger partial charge in [0.1, 0.15) is 35.4 Å². The van der Waals surface area contributed by atoms with Crippen molar-refractivity contribution in [2.24, 2.45) is 0 Å². The SMILES string of the molecule is C=CC(=O)N1CCn2nc(-c3nc(-c4ccc(CN5CC(F)(F)C5)cc4)c4ccsc4c3-c3c(F)cc(F)cc3OCCOC)cc2C1C. The van der Waals surface area contributed by atoms with Crippen LogP contribution in [0, 0.1) is 11.6 Å². The predicted octanol–water partition coefficient (Wildman–Crippen LogP) is 7.34. The number of pyridine rings is 1. The molecule has 49 heavy (non-hydrogen) atoms. The highest BCUT2D eigenvalue weighted by Crippen LogP contribution is 2.47. The third kappa shape index (κ3) is 6.22. The molecule has 2 aliphatic heterocycles. The Morgan fingerprint density at radius 2 is 1.84 bits per heavy atom. The Labute approximate surface area is 284 Å². The standard InChI is InChI=1S/C36H33F4N5O3S/c1-4-30(46)44-10-11-45-28(21(44)2)17-27(42-45)34-32(31-26(38)15-24(37)16-29(31)48-13-12-47-3)35-25(9-14-49-35)33(41-34)23-7-5-22(6-8-23)18-43-19-36(39,40)20-43/h4-9,14-17,21H,1,10-13,18-20H2,2-3H3. The molecule has 8 nitrogen and oxygen atoms in total. The summed E-state index contributed by atoms with van der Waals surface area (Å²) in [5, 5.41) is 7.52. The lowest BCUT2D eigenvalue weighted by Gasteiger charge is -2.38. The lowest BCUT2D eigenvalue weighted by molar-refractivity contribution is -0.133. The molecule has 0 aliphatic carbocycles. The summed E-state index contributed by atoms with van der Waals surface area (Å²) < 4.78 is 71.0. The molecule has 0 N–H and O–H groups in total. The maximum atomic E-state index is 16.1. The number of hydrogen-bond acceptors (Lipinski definition) is 7. The molecule has 1 fully saturated rings. The van der Waals surface area contributed by atoms with Gasteiger partial charge in [-0.1, -0.05) is 30.8 Å². The molecule has 1 saturated heterocycles. The van der Waals surface area contributed by atoms with Gasteiger partial charge in [0, 0.05) is 53.5 Å². The molecule has 0 bridgehead atoms. The van der Waals surface area contributed by atoms with E-state index in [1.54, 1.807) is 9.80 Å². The van der Waals surface area contributed by atoms with Gasteiger partial charge in [-0.2, -0.15) is 5.10 Å².